The van der Waals surface area contributed by atoms with Crippen molar-refractivity contribution in [3.8, 4) is 0 Å². The van der Waals surface area contributed by atoms with Gasteiger partial charge in [-0.1, -0.05) is 60.7 Å². The lowest BCUT2D eigenvalue weighted by Crippen LogP contribution is -2.52. The molecule has 2 aromatic carbocycles. The van der Waals surface area contributed by atoms with Crippen LogP contribution in [0.2, 0.25) is 0 Å². The molecule has 0 aliphatic carbocycles. The first kappa shape index (κ1) is 17.7. The molecule has 0 bridgehead atoms. The van der Waals surface area contributed by atoms with Gasteiger partial charge in [0.2, 0.25) is 5.91 Å². The molecule has 1 heterocycles. The molecule has 2 unspecified atom stereocenters. The molecule has 1 saturated heterocycles. The van der Waals surface area contributed by atoms with Crippen LogP contribution in [-0.2, 0) is 10.2 Å². The highest BCUT2D eigenvalue weighted by atomic mass is 16.1. The molecule has 0 spiro atoms. The summed E-state index contributed by atoms with van der Waals surface area (Å²) in [5.41, 5.74) is 7.27. The summed E-state index contributed by atoms with van der Waals surface area (Å²) in [6, 6.07) is 20.7. The summed E-state index contributed by atoms with van der Waals surface area (Å²) < 4.78 is 1.02. The molecule has 3 rings (SSSR count). The largest absolute Gasteiger partial charge is 0.369 e. The van der Waals surface area contributed by atoms with Gasteiger partial charge in [-0.05, 0) is 18.1 Å². The maximum Gasteiger partial charge on any atom is 0.232 e. The zero-order valence-electron chi connectivity index (χ0n) is 15.3. The van der Waals surface area contributed by atoms with Crippen molar-refractivity contribution < 1.29 is 9.28 Å². The van der Waals surface area contributed by atoms with Crippen molar-refractivity contribution in [3.63, 3.8) is 0 Å². The van der Waals surface area contributed by atoms with Crippen molar-refractivity contribution in [3.05, 3.63) is 71.8 Å². The van der Waals surface area contributed by atoms with Gasteiger partial charge in [-0.3, -0.25) is 4.79 Å². The van der Waals surface area contributed by atoms with Gasteiger partial charge in [-0.15, -0.1) is 0 Å². The van der Waals surface area contributed by atoms with Crippen LogP contribution in [0.4, 0.5) is 0 Å². The van der Waals surface area contributed by atoms with Crippen LogP contribution in [0.3, 0.4) is 0 Å². The summed E-state index contributed by atoms with van der Waals surface area (Å²) in [5.74, 6) is -0.261. The summed E-state index contributed by atoms with van der Waals surface area (Å²) in [6.07, 6.45) is 3.26. The Kier molecular flexibility index (Phi) is 4.96. The first-order chi connectivity index (χ1) is 12.0. The molecule has 1 aliphatic rings. The number of carbonyl (C=O) groups is 1. The van der Waals surface area contributed by atoms with Gasteiger partial charge in [0.15, 0.2) is 0 Å². The summed E-state index contributed by atoms with van der Waals surface area (Å²) in [6.45, 7) is 4.46. The SMILES string of the molecule is CC1CCC[N+]1(C)CCC(C(N)=O)(c1ccccc1)c1ccccc1. The highest BCUT2D eigenvalue weighted by Gasteiger charge is 2.44. The summed E-state index contributed by atoms with van der Waals surface area (Å²) in [5, 5.41) is 0. The van der Waals surface area contributed by atoms with E-state index in [9.17, 15) is 4.79 Å². The molecule has 2 atom stereocenters. The van der Waals surface area contributed by atoms with Crippen LogP contribution >= 0.6 is 0 Å². The molecule has 3 heteroatoms. The van der Waals surface area contributed by atoms with E-state index in [0.717, 1.165) is 28.6 Å². The van der Waals surface area contributed by atoms with Gasteiger partial charge in [0.1, 0.15) is 5.41 Å². The van der Waals surface area contributed by atoms with E-state index in [4.69, 9.17) is 5.73 Å². The minimum atomic E-state index is -0.772. The first-order valence-corrected chi connectivity index (χ1v) is 9.24. The quantitative estimate of drug-likeness (QED) is 0.806. The molecule has 0 aromatic heterocycles. The summed E-state index contributed by atoms with van der Waals surface area (Å²) in [7, 11) is 2.32. The number of quaternary nitrogens is 1. The highest BCUT2D eigenvalue weighted by Crippen LogP contribution is 2.37. The Morgan fingerprint density at radius 2 is 1.60 bits per heavy atom. The molecule has 2 N–H and O–H groups in total. The van der Waals surface area contributed by atoms with Gasteiger partial charge in [0, 0.05) is 19.3 Å². The number of carbonyl (C=O) groups excluding carboxylic acids is 1. The minimum Gasteiger partial charge on any atom is -0.369 e. The number of hydrogen-bond donors (Lipinski definition) is 1. The number of rotatable bonds is 6. The predicted molar refractivity (Wildman–Crippen MR) is 102 cm³/mol. The van der Waals surface area contributed by atoms with Crippen molar-refractivity contribution in [2.24, 2.45) is 5.73 Å². The van der Waals surface area contributed by atoms with Crippen LogP contribution in [0.1, 0.15) is 37.3 Å². The smallest absolute Gasteiger partial charge is 0.232 e. The number of nitrogens with two attached hydrogens (primary N) is 1. The molecular weight excluding hydrogens is 308 g/mol. The van der Waals surface area contributed by atoms with E-state index in [1.54, 1.807) is 0 Å². The molecule has 132 valence electrons. The topological polar surface area (TPSA) is 43.1 Å². The fraction of sp³-hybridized carbons (Fsp3) is 0.409. The summed E-state index contributed by atoms with van der Waals surface area (Å²) >= 11 is 0. The summed E-state index contributed by atoms with van der Waals surface area (Å²) in [4.78, 5) is 12.8. The zero-order valence-corrected chi connectivity index (χ0v) is 15.3. The maximum atomic E-state index is 12.8. The second-order valence-corrected chi connectivity index (χ2v) is 7.67. The van der Waals surface area contributed by atoms with Crippen molar-refractivity contribution in [2.75, 3.05) is 20.1 Å². The fourth-order valence-corrected chi connectivity index (χ4v) is 4.34. The molecule has 1 fully saturated rings. The Labute approximate surface area is 151 Å². The van der Waals surface area contributed by atoms with Crippen molar-refractivity contribution in [1.29, 1.82) is 0 Å². The zero-order chi connectivity index (χ0) is 17.9. The van der Waals surface area contributed by atoms with Crippen LogP contribution in [0, 0.1) is 0 Å². The van der Waals surface area contributed by atoms with Crippen LogP contribution < -0.4 is 5.73 Å². The predicted octanol–water partition coefficient (Wildman–Crippen LogP) is 3.48. The average Bonchev–Trinajstić information content (AvgIpc) is 2.96. The van der Waals surface area contributed by atoms with E-state index in [1.165, 1.54) is 19.4 Å². The standard InChI is InChI=1S/C22H28N2O/c1-18-10-9-16-24(18,2)17-15-22(21(23)25,19-11-5-3-6-12-19)20-13-7-4-8-14-20/h3-8,11-14,18H,9-10,15-17H2,1-2H3,(H-,23,25)/p+1. The Morgan fingerprint density at radius 1 is 1.08 bits per heavy atom. The van der Waals surface area contributed by atoms with Gasteiger partial charge in [-0.2, -0.15) is 0 Å². The highest BCUT2D eigenvalue weighted by molar-refractivity contribution is 5.90. The minimum absolute atomic E-state index is 0.261. The van der Waals surface area contributed by atoms with Crippen molar-refractivity contribution >= 4 is 5.91 Å². The number of primary amides is 1. The van der Waals surface area contributed by atoms with E-state index < -0.39 is 5.41 Å². The Hall–Kier alpha value is -2.13. The van der Waals surface area contributed by atoms with E-state index in [2.05, 4.69) is 14.0 Å². The number of nitrogens with zero attached hydrogens (tertiary/aromatic N) is 1. The lowest BCUT2D eigenvalue weighted by Gasteiger charge is -2.39. The van der Waals surface area contributed by atoms with Crippen LogP contribution in [0.15, 0.2) is 60.7 Å². The lowest BCUT2D eigenvalue weighted by molar-refractivity contribution is -0.919. The van der Waals surface area contributed by atoms with Gasteiger partial charge in [0.05, 0.1) is 26.2 Å². The molecule has 1 aliphatic heterocycles. The van der Waals surface area contributed by atoms with E-state index >= 15 is 0 Å². The van der Waals surface area contributed by atoms with Gasteiger partial charge >= 0.3 is 0 Å². The fourth-order valence-electron chi connectivity index (χ4n) is 4.34. The van der Waals surface area contributed by atoms with E-state index in [1.807, 2.05) is 60.7 Å². The maximum absolute atomic E-state index is 12.8. The third-order valence-corrected chi connectivity index (χ3v) is 6.31. The first-order valence-electron chi connectivity index (χ1n) is 9.24. The molecule has 25 heavy (non-hydrogen) atoms. The third-order valence-electron chi connectivity index (χ3n) is 6.31. The number of likely N-dealkylation sites (tertiary alicyclic amines) is 1. The van der Waals surface area contributed by atoms with Crippen LogP contribution in [-0.4, -0.2) is 36.6 Å². The average molecular weight is 337 g/mol. The van der Waals surface area contributed by atoms with Gasteiger partial charge in [0.25, 0.3) is 0 Å². The van der Waals surface area contributed by atoms with E-state index in [-0.39, 0.29) is 5.91 Å². The molecule has 0 radical (unpaired) electrons. The van der Waals surface area contributed by atoms with Crippen LogP contribution in [0.25, 0.3) is 0 Å². The van der Waals surface area contributed by atoms with Gasteiger partial charge < -0.3 is 10.2 Å². The van der Waals surface area contributed by atoms with E-state index in [0.29, 0.717) is 6.04 Å². The Morgan fingerprint density at radius 3 is 2.00 bits per heavy atom. The Balaban J connectivity index is 2.04. The molecule has 2 aromatic rings. The molecule has 1 amide bonds. The molecule has 3 nitrogen and oxygen atoms in total. The number of benzene rings is 2. The Bertz CT molecular complexity index is 674. The van der Waals surface area contributed by atoms with Crippen molar-refractivity contribution in [1.82, 2.24) is 0 Å². The second kappa shape index (κ2) is 7.01. The number of amides is 1. The van der Waals surface area contributed by atoms with Crippen molar-refractivity contribution in [2.45, 2.75) is 37.6 Å². The lowest BCUT2D eigenvalue weighted by atomic mass is 9.71. The normalized spacial score (nSPS) is 23.5. The third kappa shape index (κ3) is 3.21. The van der Waals surface area contributed by atoms with Crippen LogP contribution in [0.5, 0.6) is 0 Å². The second-order valence-electron chi connectivity index (χ2n) is 7.67. The monoisotopic (exact) mass is 337 g/mol. The number of hydrogen-bond acceptors (Lipinski definition) is 1. The molecular formula is C22H29N2O+. The molecule has 0 saturated carbocycles. The van der Waals surface area contributed by atoms with Gasteiger partial charge in [-0.25, -0.2) is 0 Å².